The number of benzene rings is 7. The molecule has 0 saturated carbocycles. The van der Waals surface area contributed by atoms with Crippen molar-refractivity contribution in [1.29, 1.82) is 0 Å². The van der Waals surface area contributed by atoms with Gasteiger partial charge in [-0.25, -0.2) is 15.0 Å². The van der Waals surface area contributed by atoms with Crippen molar-refractivity contribution >= 4 is 137 Å². The van der Waals surface area contributed by atoms with Crippen LogP contribution in [0, 0.1) is 0 Å². The Morgan fingerprint density at radius 3 is 1.53 bits per heavy atom. The fraction of sp³-hybridized carbons (Fsp3) is 0. The van der Waals surface area contributed by atoms with E-state index in [9.17, 15) is 0 Å². The zero-order valence-corrected chi connectivity index (χ0v) is 30.4. The van der Waals surface area contributed by atoms with Gasteiger partial charge in [0.05, 0.1) is 16.6 Å². The summed E-state index contributed by atoms with van der Waals surface area (Å²) in [6.07, 6.45) is 0. The molecule has 0 aliphatic carbocycles. The maximum Gasteiger partial charge on any atom is 0.167 e. The molecule has 5 nitrogen and oxygen atoms in total. The lowest BCUT2D eigenvalue weighted by molar-refractivity contribution is 0.669. The molecule has 0 fully saturated rings. The number of aromatic nitrogens is 4. The Balaban J connectivity index is 1.30. The highest BCUT2D eigenvalue weighted by Gasteiger charge is 2.26. The summed E-state index contributed by atoms with van der Waals surface area (Å²) in [4.78, 5) is 14.9. The van der Waals surface area contributed by atoms with Gasteiger partial charge in [-0.3, -0.25) is 0 Å². The Morgan fingerprint density at radius 1 is 0.404 bits per heavy atom. The van der Waals surface area contributed by atoms with Gasteiger partial charge in [-0.1, -0.05) is 137 Å². The van der Waals surface area contributed by atoms with Gasteiger partial charge in [0.25, 0.3) is 0 Å². The standard InChI is InChI=1S/C45H21B7N4O/c46-33-29(22-12-4-1-5-13-22)34(47)38(51)40-31(33)32-35(48)36(49)37(50)39(52)41(32)56(40)27-20-11-21-28-30(27)25-18-10-19-26(42(25)57-28)45-54-43(23-14-6-2-7-15-23)53-44(55-45)24-16-8-3-9-17-24/h1-21H. The van der Waals surface area contributed by atoms with Gasteiger partial charge in [-0.05, 0) is 34.7 Å². The highest BCUT2D eigenvalue weighted by Crippen LogP contribution is 2.40. The maximum absolute atomic E-state index is 7.11. The van der Waals surface area contributed by atoms with E-state index in [-0.39, 0.29) is 27.3 Å². The van der Waals surface area contributed by atoms with Gasteiger partial charge in [0.2, 0.25) is 0 Å². The molecule has 10 rings (SSSR count). The van der Waals surface area contributed by atoms with Gasteiger partial charge in [0.1, 0.15) is 66.1 Å². The fourth-order valence-electron chi connectivity index (χ4n) is 7.97. The molecule has 0 N–H and O–H groups in total. The monoisotopic (exact) mass is 710 g/mol. The lowest BCUT2D eigenvalue weighted by Gasteiger charge is -2.19. The normalized spacial score (nSPS) is 11.6. The van der Waals surface area contributed by atoms with E-state index >= 15 is 0 Å². The van der Waals surface area contributed by atoms with Crippen molar-refractivity contribution in [1.82, 2.24) is 19.5 Å². The lowest BCUT2D eigenvalue weighted by atomic mass is 9.64. The zero-order chi connectivity index (χ0) is 39.1. The molecule has 0 bridgehead atoms. The summed E-state index contributed by atoms with van der Waals surface area (Å²) in [7, 11) is 47.8. The number of para-hydroxylation sites is 1. The molecule has 12 heteroatoms. The van der Waals surface area contributed by atoms with Gasteiger partial charge in [0, 0.05) is 32.9 Å². The van der Waals surface area contributed by atoms with Crippen LogP contribution in [-0.4, -0.2) is 74.4 Å². The van der Waals surface area contributed by atoms with E-state index in [1.807, 2.05) is 132 Å². The molecule has 14 radical (unpaired) electrons. The van der Waals surface area contributed by atoms with Crippen LogP contribution in [0.3, 0.4) is 0 Å². The first-order chi connectivity index (χ1) is 27.7. The highest BCUT2D eigenvalue weighted by atomic mass is 16.3. The third kappa shape index (κ3) is 5.30. The maximum atomic E-state index is 7.11. The molecular weight excluding hydrogens is 688 g/mol. The van der Waals surface area contributed by atoms with E-state index in [1.165, 1.54) is 0 Å². The van der Waals surface area contributed by atoms with E-state index in [0.29, 0.717) is 78.2 Å². The van der Waals surface area contributed by atoms with Gasteiger partial charge < -0.3 is 8.98 Å². The van der Waals surface area contributed by atoms with Crippen molar-refractivity contribution < 1.29 is 4.42 Å². The average molecular weight is 709 g/mol. The topological polar surface area (TPSA) is 56.7 Å². The highest BCUT2D eigenvalue weighted by molar-refractivity contribution is 6.69. The summed E-state index contributed by atoms with van der Waals surface area (Å²) in [5, 5.41) is 2.59. The molecule has 0 atom stereocenters. The third-order valence-electron chi connectivity index (χ3n) is 10.7. The van der Waals surface area contributed by atoms with Crippen molar-refractivity contribution in [3.63, 3.8) is 0 Å². The van der Waals surface area contributed by atoms with Crippen LogP contribution in [0.5, 0.6) is 0 Å². The molecule has 0 saturated heterocycles. The molecule has 248 valence electrons. The number of nitrogens with zero attached hydrogens (tertiary/aromatic N) is 4. The third-order valence-corrected chi connectivity index (χ3v) is 10.7. The molecule has 0 unspecified atom stereocenters. The minimum Gasteiger partial charge on any atom is -0.455 e. The number of furan rings is 1. The Kier molecular flexibility index (Phi) is 8.22. The Labute approximate surface area is 337 Å². The van der Waals surface area contributed by atoms with E-state index < -0.39 is 0 Å². The summed E-state index contributed by atoms with van der Waals surface area (Å²) in [6.45, 7) is 0. The first kappa shape index (κ1) is 35.0. The van der Waals surface area contributed by atoms with Crippen molar-refractivity contribution in [2.75, 3.05) is 0 Å². The van der Waals surface area contributed by atoms with Crippen LogP contribution in [0.1, 0.15) is 0 Å². The van der Waals surface area contributed by atoms with E-state index in [4.69, 9.17) is 74.3 Å². The van der Waals surface area contributed by atoms with E-state index in [0.717, 1.165) is 27.5 Å². The van der Waals surface area contributed by atoms with E-state index in [1.54, 1.807) is 0 Å². The minimum atomic E-state index is 0.141. The van der Waals surface area contributed by atoms with Crippen molar-refractivity contribution in [3.05, 3.63) is 127 Å². The molecule has 3 aromatic heterocycles. The second-order valence-electron chi connectivity index (χ2n) is 13.9. The summed E-state index contributed by atoms with van der Waals surface area (Å²) >= 11 is 0. The van der Waals surface area contributed by atoms with Crippen LogP contribution in [0.25, 0.3) is 94.7 Å². The molecular formula is C45H21B7N4O. The van der Waals surface area contributed by atoms with Crippen molar-refractivity contribution in [2.45, 2.75) is 0 Å². The van der Waals surface area contributed by atoms with E-state index in [2.05, 4.69) is 0 Å². The summed E-state index contributed by atoms with van der Waals surface area (Å²) in [5.41, 5.74) is 8.22. The van der Waals surface area contributed by atoms with Crippen LogP contribution in [0.2, 0.25) is 0 Å². The van der Waals surface area contributed by atoms with Crippen molar-refractivity contribution in [3.8, 4) is 51.0 Å². The molecule has 3 heterocycles. The summed E-state index contributed by atoms with van der Waals surface area (Å²) < 4.78 is 8.66. The molecule has 0 aliphatic heterocycles. The molecule has 0 amide bonds. The molecule has 0 aliphatic rings. The average Bonchev–Trinajstić information content (AvgIpc) is 3.83. The van der Waals surface area contributed by atoms with Crippen LogP contribution < -0.4 is 38.2 Å². The van der Waals surface area contributed by atoms with Crippen molar-refractivity contribution in [2.24, 2.45) is 0 Å². The van der Waals surface area contributed by atoms with Gasteiger partial charge in [-0.15, -0.1) is 10.9 Å². The summed E-state index contributed by atoms with van der Waals surface area (Å²) in [5.74, 6) is 1.51. The number of fused-ring (bicyclic) bond motifs is 6. The molecule has 7 aromatic carbocycles. The van der Waals surface area contributed by atoms with Gasteiger partial charge in [0.15, 0.2) is 17.5 Å². The Hall–Kier alpha value is -6.40. The fourth-order valence-corrected chi connectivity index (χ4v) is 7.97. The first-order valence-corrected chi connectivity index (χ1v) is 18.2. The Bertz CT molecular complexity index is 3200. The number of hydrogen-bond acceptors (Lipinski definition) is 4. The minimum absolute atomic E-state index is 0.141. The number of rotatable bonds is 5. The largest absolute Gasteiger partial charge is 0.455 e. The second kappa shape index (κ2) is 13.4. The Morgan fingerprint density at radius 2 is 0.912 bits per heavy atom. The predicted octanol–water partition coefficient (Wildman–Crippen LogP) is 3.09. The number of hydrogen-bond donors (Lipinski definition) is 0. The molecule has 10 aromatic rings. The van der Waals surface area contributed by atoms with Crippen LogP contribution >= 0.6 is 0 Å². The molecule has 57 heavy (non-hydrogen) atoms. The van der Waals surface area contributed by atoms with Gasteiger partial charge >= 0.3 is 0 Å². The van der Waals surface area contributed by atoms with Gasteiger partial charge in [-0.2, -0.15) is 0 Å². The smallest absolute Gasteiger partial charge is 0.167 e. The quantitative estimate of drug-likeness (QED) is 0.258. The summed E-state index contributed by atoms with van der Waals surface area (Å²) in [6, 6.07) is 40.8. The SMILES string of the molecule is [B]c1c([B])c([B])c2c(c1[B])c1c([B])c(-c3ccccc3)c([B])c([B])c1n2-c1cccc2oc3c(-c4nc(-c5ccccc5)nc(-c5ccccc5)n4)cccc3c12. The second-order valence-corrected chi connectivity index (χ2v) is 13.9. The van der Waals surface area contributed by atoms with Crippen LogP contribution in [0.15, 0.2) is 132 Å². The van der Waals surface area contributed by atoms with Crippen LogP contribution in [-0.2, 0) is 0 Å². The first-order valence-electron chi connectivity index (χ1n) is 18.2. The van der Waals surface area contributed by atoms with Crippen LogP contribution in [0.4, 0.5) is 0 Å². The zero-order valence-electron chi connectivity index (χ0n) is 30.4. The lowest BCUT2D eigenvalue weighted by Crippen LogP contribution is -2.48. The molecule has 0 spiro atoms. The predicted molar refractivity (Wildman–Crippen MR) is 241 cm³/mol.